The number of alkyl carbamates (subject to hydrolysis) is 1. The van der Waals surface area contributed by atoms with Crippen LogP contribution in [0.25, 0.3) is 10.9 Å². The fraction of sp³-hybridized carbons (Fsp3) is 0.438. The number of fused-ring (bicyclic) bond motifs is 1. The van der Waals surface area contributed by atoms with Gasteiger partial charge in [-0.05, 0) is 50.0 Å². The Morgan fingerprint density at radius 1 is 1.71 bits per heavy atom. The molecule has 0 saturated carbocycles. The van der Waals surface area contributed by atoms with Gasteiger partial charge in [0, 0.05) is 30.5 Å². The Bertz CT molecular complexity index is 1160. The summed E-state index contributed by atoms with van der Waals surface area (Å²) in [5.74, 6) is 0. The molecule has 2 heterocycles. The molecule has 1 atom stereocenters. The van der Waals surface area contributed by atoms with E-state index < -0.39 is 61.9 Å². The predicted molar refractivity (Wildman–Crippen MR) is 82.5 cm³/mol. The molecular formula is C16H21N3O2. The van der Waals surface area contributed by atoms with Crippen LogP contribution in [0.3, 0.4) is 0 Å². The van der Waals surface area contributed by atoms with E-state index in [-0.39, 0.29) is 34.7 Å². The van der Waals surface area contributed by atoms with E-state index in [4.69, 9.17) is 17.9 Å². The molecule has 0 aliphatic carbocycles. The summed E-state index contributed by atoms with van der Waals surface area (Å²) in [6, 6.07) is -4.54. The van der Waals surface area contributed by atoms with Crippen LogP contribution >= 0.6 is 0 Å². The van der Waals surface area contributed by atoms with Gasteiger partial charge in [-0.15, -0.1) is 0 Å². The maximum Gasteiger partial charge on any atom is 0.407 e. The van der Waals surface area contributed by atoms with Crippen molar-refractivity contribution in [1.82, 2.24) is 15.2 Å². The fourth-order valence-electron chi connectivity index (χ4n) is 1.88. The van der Waals surface area contributed by atoms with E-state index in [2.05, 4.69) is 4.74 Å². The maximum absolute atomic E-state index is 11.7. The fourth-order valence-corrected chi connectivity index (χ4v) is 1.88. The van der Waals surface area contributed by atoms with Crippen molar-refractivity contribution in [1.29, 1.82) is 0 Å². The SMILES string of the molecule is [2H]c1c(C([2H])([2H])[C@@H]2N([2H])C(=O)OC2([2H])[2H])c([2H])c2c(CCN(C)C([2H])([2H])[2H])c([2H])n([2H])c2c1[2H]. The zero-order chi connectivity index (χ0) is 26.1. The van der Waals surface area contributed by atoms with Crippen LogP contribution in [0.2, 0.25) is 2.82 Å². The first-order valence-corrected chi connectivity index (χ1v) is 6.21. The summed E-state index contributed by atoms with van der Waals surface area (Å²) in [7, 11) is 1.31. The summed E-state index contributed by atoms with van der Waals surface area (Å²) >= 11 is 0. The Balaban J connectivity index is 2.27. The molecule has 0 radical (unpaired) electrons. The third kappa shape index (κ3) is 3.19. The number of aromatic nitrogens is 1. The maximum atomic E-state index is 11.7. The first-order chi connectivity index (χ1) is 15.4. The number of nitrogens with one attached hydrogen (secondary N) is 2. The topological polar surface area (TPSA) is 57.4 Å². The van der Waals surface area contributed by atoms with Gasteiger partial charge < -0.3 is 19.9 Å². The molecule has 1 saturated heterocycles. The Morgan fingerprint density at radius 3 is 3.38 bits per heavy atom. The van der Waals surface area contributed by atoms with Crippen LogP contribution < -0.4 is 5.31 Å². The third-order valence-corrected chi connectivity index (χ3v) is 2.87. The summed E-state index contributed by atoms with van der Waals surface area (Å²) in [6.07, 6.45) is -5.17. The highest BCUT2D eigenvalue weighted by molar-refractivity contribution is 5.84. The standard InChI is InChI=1S/C16H21N3O2/c1-19(2)6-5-12-9-17-15-4-3-11(8-14(12)15)7-13-10-21-16(20)18-13/h3-4,8-9,13,17H,5-7,10H2,1-2H3,(H,18,20)/t13-/m0/s1/i1D3,3D,4D,7D2,8D,9D,10D2/hD2. The molecule has 112 valence electrons. The van der Waals surface area contributed by atoms with E-state index in [9.17, 15) is 4.79 Å². The van der Waals surface area contributed by atoms with Crippen LogP contribution in [0.4, 0.5) is 4.79 Å². The summed E-state index contributed by atoms with van der Waals surface area (Å²) in [6.45, 7) is -5.58. The van der Waals surface area contributed by atoms with E-state index in [1.54, 1.807) is 0 Å². The van der Waals surface area contributed by atoms with Crippen molar-refractivity contribution in [2.75, 3.05) is 27.1 Å². The lowest BCUT2D eigenvalue weighted by molar-refractivity contribution is 0.177. The van der Waals surface area contributed by atoms with Crippen molar-refractivity contribution in [2.45, 2.75) is 18.8 Å². The lowest BCUT2D eigenvalue weighted by Gasteiger charge is -2.09. The zero-order valence-electron chi connectivity index (χ0n) is 24.1. The van der Waals surface area contributed by atoms with Crippen molar-refractivity contribution in [3.63, 3.8) is 0 Å². The number of aromatic amines is 1. The molecule has 1 aromatic heterocycles. The first-order valence-electron chi connectivity index (χ1n) is 12.6. The number of H-pyrrole nitrogens is 1. The van der Waals surface area contributed by atoms with Gasteiger partial charge in [0.2, 0.25) is 0 Å². The summed E-state index contributed by atoms with van der Waals surface area (Å²) in [5, 5.41) is -0.300. The monoisotopic (exact) mass is 300 g/mol. The van der Waals surface area contributed by atoms with Crippen LogP contribution in [0.1, 0.15) is 26.2 Å². The Morgan fingerprint density at radius 2 is 2.62 bits per heavy atom. The van der Waals surface area contributed by atoms with Crippen LogP contribution in [0.5, 0.6) is 0 Å². The van der Waals surface area contributed by atoms with Crippen LogP contribution in [-0.2, 0) is 17.5 Å². The second-order valence-corrected chi connectivity index (χ2v) is 4.51. The van der Waals surface area contributed by atoms with Gasteiger partial charge in [-0.2, -0.15) is 0 Å². The number of amides is 1. The molecule has 3 rings (SSSR count). The molecule has 1 amide bonds. The van der Waals surface area contributed by atoms with Gasteiger partial charge in [0.1, 0.15) is 6.56 Å². The van der Waals surface area contributed by atoms with E-state index >= 15 is 0 Å². The lowest BCUT2D eigenvalue weighted by Crippen LogP contribution is -2.28. The molecular weight excluding hydrogens is 266 g/mol. The number of hydrogen-bond acceptors (Lipinski definition) is 3. The van der Waals surface area contributed by atoms with Gasteiger partial charge in [0.05, 0.1) is 14.3 Å². The largest absolute Gasteiger partial charge is 0.447 e. The Labute approximate surface area is 142 Å². The molecule has 0 spiro atoms. The number of nitrogens with zero attached hydrogens (tertiary/aromatic N) is 1. The molecule has 1 fully saturated rings. The van der Waals surface area contributed by atoms with E-state index in [1.807, 2.05) is 0 Å². The average Bonchev–Trinajstić information content (AvgIpc) is 3.06. The predicted octanol–water partition coefficient (Wildman–Crippen LogP) is 1.92. The minimum absolute atomic E-state index is 0.0267. The number of ether oxygens (including phenoxy) is 1. The van der Waals surface area contributed by atoms with E-state index in [1.165, 1.54) is 7.05 Å². The highest BCUT2D eigenvalue weighted by atomic mass is 16.6. The molecule has 2 N–H and O–H groups in total. The molecule has 1 aliphatic heterocycles. The number of benzene rings is 1. The molecule has 0 bridgehead atoms. The van der Waals surface area contributed by atoms with E-state index in [0.29, 0.717) is 4.98 Å². The summed E-state index contributed by atoms with van der Waals surface area (Å²) < 4.78 is 109. The normalized spacial score (nSPS) is 31.3. The minimum atomic E-state index is -3.06. The highest BCUT2D eigenvalue weighted by Gasteiger charge is 2.22. The van der Waals surface area contributed by atoms with Gasteiger partial charge >= 0.3 is 6.09 Å². The molecule has 1 aliphatic rings. The van der Waals surface area contributed by atoms with Crippen molar-refractivity contribution in [2.24, 2.45) is 0 Å². The average molecular weight is 300 g/mol. The Hall–Kier alpha value is -2.01. The highest BCUT2D eigenvalue weighted by Crippen LogP contribution is 2.21. The molecule has 5 heteroatoms. The van der Waals surface area contributed by atoms with Crippen molar-refractivity contribution < 1.29 is 27.4 Å². The second kappa shape index (κ2) is 5.77. The molecule has 0 unspecified atom stereocenters. The Kier molecular flexibility index (Phi) is 1.46. The second-order valence-electron chi connectivity index (χ2n) is 4.51. The summed E-state index contributed by atoms with van der Waals surface area (Å²) in [5.41, 5.74) is -1.18. The molecule has 1 aromatic carbocycles. The number of rotatable bonds is 5. The summed E-state index contributed by atoms with van der Waals surface area (Å²) in [4.78, 5) is 13.2. The molecule has 2 aromatic rings. The quantitative estimate of drug-likeness (QED) is 0.887. The number of likely N-dealkylation sites (N-methyl/N-ethyl adjacent to an activating group) is 1. The number of cyclic esters (lactones) is 1. The van der Waals surface area contributed by atoms with Gasteiger partial charge in [0.15, 0.2) is 2.82 Å². The van der Waals surface area contributed by atoms with Gasteiger partial charge in [-0.25, -0.2) is 4.79 Å². The smallest absolute Gasteiger partial charge is 0.407 e. The third-order valence-electron chi connectivity index (χ3n) is 2.87. The minimum Gasteiger partial charge on any atom is -0.447 e. The number of carbonyl (C=O) groups is 1. The number of hydrogen-bond donors (Lipinski definition) is 2. The van der Waals surface area contributed by atoms with Crippen molar-refractivity contribution in [3.8, 4) is 0 Å². The van der Waals surface area contributed by atoms with Gasteiger partial charge in [-0.3, -0.25) is 0 Å². The van der Waals surface area contributed by atoms with Crippen LogP contribution in [-0.4, -0.2) is 49.1 Å². The van der Waals surface area contributed by atoms with Crippen LogP contribution in [0, 0.1) is 0 Å². The first kappa shape index (κ1) is 5.32. The van der Waals surface area contributed by atoms with E-state index in [0.717, 1.165) is 4.90 Å². The van der Waals surface area contributed by atoms with Gasteiger partial charge in [-0.1, -0.05) is 6.04 Å². The van der Waals surface area contributed by atoms with Crippen molar-refractivity contribution in [3.05, 3.63) is 35.4 Å². The molecule has 21 heavy (non-hydrogen) atoms. The number of carbonyl (C=O) groups excluding carboxylic acids is 1. The lowest BCUT2D eigenvalue weighted by atomic mass is 10.0. The van der Waals surface area contributed by atoms with Gasteiger partial charge in [0.25, 0.3) is 0 Å². The van der Waals surface area contributed by atoms with Crippen molar-refractivity contribution >= 4 is 17.0 Å². The zero-order valence-corrected chi connectivity index (χ0v) is 11.1. The van der Waals surface area contributed by atoms with Crippen LogP contribution in [0.15, 0.2) is 24.3 Å². The molecule has 5 nitrogen and oxygen atoms in total.